The van der Waals surface area contributed by atoms with Gasteiger partial charge in [-0.2, -0.15) is 0 Å². The molecule has 10 heteroatoms. The Labute approximate surface area is 155 Å². The van der Waals surface area contributed by atoms with Crippen molar-refractivity contribution in [3.63, 3.8) is 0 Å². The summed E-state index contributed by atoms with van der Waals surface area (Å²) in [6, 6.07) is 5.28. The van der Waals surface area contributed by atoms with Gasteiger partial charge in [-0.15, -0.1) is 12.4 Å². The Morgan fingerprint density at radius 2 is 1.76 bits per heavy atom. The lowest BCUT2D eigenvalue weighted by Crippen LogP contribution is -2.52. The van der Waals surface area contributed by atoms with Crippen LogP contribution in [0.3, 0.4) is 0 Å². The van der Waals surface area contributed by atoms with E-state index in [9.17, 15) is 16.8 Å². The van der Waals surface area contributed by atoms with E-state index in [0.29, 0.717) is 6.61 Å². The van der Waals surface area contributed by atoms with Gasteiger partial charge in [-0.05, 0) is 43.7 Å². The van der Waals surface area contributed by atoms with E-state index >= 15 is 0 Å². The molecule has 0 spiro atoms. The average Bonchev–Trinajstić information content (AvgIpc) is 3.03. The molecular weight excluding hydrogens is 388 g/mol. The van der Waals surface area contributed by atoms with E-state index in [2.05, 4.69) is 10.0 Å². The molecule has 25 heavy (non-hydrogen) atoms. The lowest BCUT2D eigenvalue weighted by atomic mass is 9.99. The van der Waals surface area contributed by atoms with Gasteiger partial charge in [0.05, 0.1) is 27.7 Å². The van der Waals surface area contributed by atoms with Crippen LogP contribution in [0.4, 0.5) is 0 Å². The van der Waals surface area contributed by atoms with E-state index in [0.717, 1.165) is 19.4 Å². The number of rotatable bonds is 8. The first-order chi connectivity index (χ1) is 11.2. The van der Waals surface area contributed by atoms with Crippen LogP contribution in [0.2, 0.25) is 0 Å². The third-order valence-corrected chi connectivity index (χ3v) is 7.39. The molecule has 0 amide bonds. The first kappa shape index (κ1) is 22.3. The highest BCUT2D eigenvalue weighted by atomic mass is 35.5. The molecule has 1 aromatic carbocycles. The summed E-state index contributed by atoms with van der Waals surface area (Å²) < 4.78 is 56.2. The van der Waals surface area contributed by atoms with Gasteiger partial charge in [-0.3, -0.25) is 0 Å². The van der Waals surface area contributed by atoms with Gasteiger partial charge >= 0.3 is 0 Å². The fourth-order valence-corrected chi connectivity index (χ4v) is 4.79. The first-order valence-electron chi connectivity index (χ1n) is 7.81. The quantitative estimate of drug-likeness (QED) is 0.659. The van der Waals surface area contributed by atoms with Crippen LogP contribution >= 0.6 is 12.4 Å². The molecular formula is C15H25ClN2O5S2. The van der Waals surface area contributed by atoms with E-state index in [1.54, 1.807) is 14.0 Å². The smallest absolute Gasteiger partial charge is 0.240 e. The maximum atomic E-state index is 12.4. The van der Waals surface area contributed by atoms with Crippen molar-refractivity contribution in [3.8, 4) is 0 Å². The van der Waals surface area contributed by atoms with E-state index in [1.165, 1.54) is 24.3 Å². The Hall–Kier alpha value is -0.710. The van der Waals surface area contributed by atoms with Gasteiger partial charge in [0.15, 0.2) is 9.84 Å². The van der Waals surface area contributed by atoms with Crippen LogP contribution in [0.5, 0.6) is 0 Å². The zero-order chi connectivity index (χ0) is 17.8. The van der Waals surface area contributed by atoms with Crippen molar-refractivity contribution >= 4 is 32.3 Å². The minimum absolute atomic E-state index is 0. The Bertz CT molecular complexity index is 758. The van der Waals surface area contributed by atoms with E-state index in [1.807, 2.05) is 0 Å². The molecule has 144 valence electrons. The molecule has 1 fully saturated rings. The molecule has 1 atom stereocenters. The molecule has 1 unspecified atom stereocenters. The van der Waals surface area contributed by atoms with Gasteiger partial charge in [0, 0.05) is 13.7 Å². The lowest BCUT2D eigenvalue weighted by Gasteiger charge is -2.28. The summed E-state index contributed by atoms with van der Waals surface area (Å²) in [5.74, 6) is -0.0252. The maximum Gasteiger partial charge on any atom is 0.240 e. The van der Waals surface area contributed by atoms with Gasteiger partial charge in [0.1, 0.15) is 0 Å². The molecule has 2 rings (SSSR count). The van der Waals surface area contributed by atoms with Crippen molar-refractivity contribution in [2.75, 3.05) is 32.6 Å². The number of methoxy groups -OCH3 is 1. The number of hydrogen-bond donors (Lipinski definition) is 2. The number of hydrogen-bond acceptors (Lipinski definition) is 6. The number of ether oxygens (including phenoxy) is 1. The fraction of sp³-hybridized carbons (Fsp3) is 0.600. The van der Waals surface area contributed by atoms with Crippen LogP contribution < -0.4 is 10.0 Å². The molecule has 0 saturated carbocycles. The van der Waals surface area contributed by atoms with Crippen LogP contribution in [0.1, 0.15) is 19.8 Å². The monoisotopic (exact) mass is 412 g/mol. The Morgan fingerprint density at radius 1 is 1.16 bits per heavy atom. The van der Waals surface area contributed by atoms with Crippen molar-refractivity contribution in [1.29, 1.82) is 0 Å². The second kappa shape index (κ2) is 8.79. The van der Waals surface area contributed by atoms with Gasteiger partial charge < -0.3 is 10.1 Å². The SMILES string of the molecule is CCS(=O)(=O)c1ccc(S(=O)(=O)NCC2(COC)CCCN2)cc1.Cl. The van der Waals surface area contributed by atoms with E-state index < -0.39 is 25.4 Å². The Balaban J connectivity index is 0.00000312. The van der Waals surface area contributed by atoms with Crippen molar-refractivity contribution < 1.29 is 21.6 Å². The number of halogens is 1. The molecule has 1 aromatic rings. The third-order valence-electron chi connectivity index (χ3n) is 4.23. The van der Waals surface area contributed by atoms with Gasteiger partial charge in [-0.25, -0.2) is 21.6 Å². The second-order valence-corrected chi connectivity index (χ2v) is 9.99. The van der Waals surface area contributed by atoms with Gasteiger partial charge in [-0.1, -0.05) is 6.92 Å². The van der Waals surface area contributed by atoms with Crippen molar-refractivity contribution in [1.82, 2.24) is 10.0 Å². The summed E-state index contributed by atoms with van der Waals surface area (Å²) in [6.45, 7) is 3.02. The molecule has 7 nitrogen and oxygen atoms in total. The molecule has 1 saturated heterocycles. The van der Waals surface area contributed by atoms with Gasteiger partial charge in [0.25, 0.3) is 0 Å². The molecule has 0 radical (unpaired) electrons. The van der Waals surface area contributed by atoms with Crippen LogP contribution in [-0.2, 0) is 24.6 Å². The summed E-state index contributed by atoms with van der Waals surface area (Å²) in [7, 11) is -5.47. The topological polar surface area (TPSA) is 102 Å². The normalized spacial score (nSPS) is 21.0. The maximum absolute atomic E-state index is 12.4. The molecule has 1 aliphatic rings. The van der Waals surface area contributed by atoms with Crippen LogP contribution in [0.25, 0.3) is 0 Å². The summed E-state index contributed by atoms with van der Waals surface area (Å²) in [6.07, 6.45) is 1.80. The van der Waals surface area contributed by atoms with Gasteiger partial charge in [0.2, 0.25) is 10.0 Å². The Kier molecular flexibility index (Phi) is 7.85. The first-order valence-corrected chi connectivity index (χ1v) is 10.9. The van der Waals surface area contributed by atoms with E-state index in [4.69, 9.17) is 4.74 Å². The predicted octanol–water partition coefficient (Wildman–Crippen LogP) is 0.949. The zero-order valence-electron chi connectivity index (χ0n) is 14.3. The average molecular weight is 413 g/mol. The highest BCUT2D eigenvalue weighted by molar-refractivity contribution is 7.91. The molecule has 1 heterocycles. The van der Waals surface area contributed by atoms with E-state index in [-0.39, 0.29) is 34.5 Å². The third kappa shape index (κ3) is 5.38. The number of benzene rings is 1. The van der Waals surface area contributed by atoms with Crippen LogP contribution in [0, 0.1) is 0 Å². The van der Waals surface area contributed by atoms with Crippen molar-refractivity contribution in [2.24, 2.45) is 0 Å². The number of sulfone groups is 1. The van der Waals surface area contributed by atoms with Crippen molar-refractivity contribution in [2.45, 2.75) is 35.1 Å². The number of sulfonamides is 1. The number of nitrogens with one attached hydrogen (secondary N) is 2. The molecule has 2 N–H and O–H groups in total. The van der Waals surface area contributed by atoms with Crippen LogP contribution in [-0.4, -0.2) is 54.9 Å². The minimum Gasteiger partial charge on any atom is -0.383 e. The highest BCUT2D eigenvalue weighted by Gasteiger charge is 2.34. The minimum atomic E-state index is -3.71. The highest BCUT2D eigenvalue weighted by Crippen LogP contribution is 2.20. The standard InChI is InChI=1S/C15H24N2O5S2.ClH/c1-3-23(18,19)13-5-7-14(8-6-13)24(20,21)17-11-15(12-22-2)9-4-10-16-15;/h5-8,16-17H,3-4,9-12H2,1-2H3;1H. The summed E-state index contributed by atoms with van der Waals surface area (Å²) in [5.41, 5.74) is -0.396. The zero-order valence-corrected chi connectivity index (χ0v) is 16.8. The molecule has 0 bridgehead atoms. The molecule has 0 aromatic heterocycles. The summed E-state index contributed by atoms with van der Waals surface area (Å²) in [4.78, 5) is 0.167. The summed E-state index contributed by atoms with van der Waals surface area (Å²) >= 11 is 0. The molecule has 0 aliphatic carbocycles. The van der Waals surface area contributed by atoms with Crippen molar-refractivity contribution in [3.05, 3.63) is 24.3 Å². The lowest BCUT2D eigenvalue weighted by molar-refractivity contribution is 0.122. The molecule has 1 aliphatic heterocycles. The second-order valence-electron chi connectivity index (χ2n) is 5.94. The summed E-state index contributed by atoms with van der Waals surface area (Å²) in [5, 5.41) is 3.30. The largest absolute Gasteiger partial charge is 0.383 e. The Morgan fingerprint density at radius 3 is 2.24 bits per heavy atom. The predicted molar refractivity (Wildman–Crippen MR) is 98.4 cm³/mol. The fourth-order valence-electron chi connectivity index (χ4n) is 2.78. The van der Waals surface area contributed by atoms with Crippen LogP contribution in [0.15, 0.2) is 34.1 Å².